The molecule has 0 saturated heterocycles. The van der Waals surface area contributed by atoms with Crippen molar-refractivity contribution in [2.75, 3.05) is 0 Å². The number of nitrogens with zero attached hydrogens (tertiary/aromatic N) is 2. The van der Waals surface area contributed by atoms with E-state index in [-0.39, 0.29) is 10.7 Å². The predicted octanol–water partition coefficient (Wildman–Crippen LogP) is 3.47. The van der Waals surface area contributed by atoms with Gasteiger partial charge in [0.1, 0.15) is 21.6 Å². The molecule has 0 aromatic carbocycles. The Balaban J connectivity index is 2.95. The summed E-state index contributed by atoms with van der Waals surface area (Å²) in [4.78, 5) is 4.80. The molecule has 0 spiro atoms. The van der Waals surface area contributed by atoms with Crippen LogP contribution in [0.4, 0.5) is 0 Å². The highest BCUT2D eigenvalue weighted by atomic mass is 35.5. The fourth-order valence-corrected chi connectivity index (χ4v) is 2.45. The molecule has 0 atom stereocenters. The molecule has 2 rings (SSSR count). The van der Waals surface area contributed by atoms with Crippen molar-refractivity contribution < 1.29 is 0 Å². The van der Waals surface area contributed by atoms with E-state index in [1.54, 1.807) is 0 Å². The van der Waals surface area contributed by atoms with Crippen molar-refractivity contribution in [2.45, 2.75) is 0 Å². The molecule has 0 fully saturated rings. The number of thiophene rings is 1. The monoisotopic (exact) mass is 228 g/mol. The minimum absolute atomic E-state index is 0.169. The lowest BCUT2D eigenvalue weighted by molar-refractivity contribution is 1.39. The van der Waals surface area contributed by atoms with Gasteiger partial charge in [0.2, 0.25) is 0 Å². The van der Waals surface area contributed by atoms with Gasteiger partial charge in [0.05, 0.1) is 5.02 Å². The zero-order valence-corrected chi connectivity index (χ0v) is 8.54. The lowest BCUT2D eigenvalue weighted by Gasteiger charge is -1.98. The largest absolute Gasteiger partial charge is 0.224 e. The van der Waals surface area contributed by atoms with E-state index < -0.39 is 0 Å². The molecule has 0 N–H and O–H groups in total. The molecule has 0 aliphatic heterocycles. The van der Waals surface area contributed by atoms with Gasteiger partial charge in [0.25, 0.3) is 0 Å². The van der Waals surface area contributed by atoms with Gasteiger partial charge in [-0.3, -0.25) is 0 Å². The topological polar surface area (TPSA) is 36.7 Å². The smallest absolute Gasteiger partial charge is 0.150 e. The van der Waals surface area contributed by atoms with Crippen molar-refractivity contribution in [2.24, 2.45) is 0 Å². The second-order valence-electron chi connectivity index (χ2n) is 2.34. The van der Waals surface area contributed by atoms with Crippen LogP contribution in [-0.2, 0) is 0 Å². The number of nitriles is 1. The summed E-state index contributed by atoms with van der Waals surface area (Å²) in [7, 11) is 0. The Morgan fingerprint density at radius 2 is 2.23 bits per heavy atom. The first kappa shape index (κ1) is 8.76. The lowest BCUT2D eigenvalue weighted by Crippen LogP contribution is -1.84. The maximum Gasteiger partial charge on any atom is 0.150 e. The molecular weight excluding hydrogens is 227 g/mol. The summed E-state index contributed by atoms with van der Waals surface area (Å²) in [5.41, 5.74) is 0.245. The summed E-state index contributed by atoms with van der Waals surface area (Å²) in [5.74, 6) is 0. The molecule has 13 heavy (non-hydrogen) atoms. The molecule has 2 aromatic rings. The van der Waals surface area contributed by atoms with Crippen LogP contribution in [0.2, 0.25) is 10.2 Å². The summed E-state index contributed by atoms with van der Waals surface area (Å²) in [6, 6.07) is 3.75. The molecule has 0 bridgehead atoms. The Morgan fingerprint density at radius 1 is 1.46 bits per heavy atom. The second kappa shape index (κ2) is 3.15. The SMILES string of the molecule is N#Cc1c(Cl)nc2sccc2c1Cl. The molecule has 2 aromatic heterocycles. The van der Waals surface area contributed by atoms with Crippen molar-refractivity contribution in [3.8, 4) is 6.07 Å². The van der Waals surface area contributed by atoms with Crippen LogP contribution in [-0.4, -0.2) is 4.98 Å². The van der Waals surface area contributed by atoms with Gasteiger partial charge in [-0.25, -0.2) is 4.98 Å². The number of hydrogen-bond donors (Lipinski definition) is 0. The molecule has 2 nitrogen and oxygen atoms in total. The first-order valence-electron chi connectivity index (χ1n) is 3.36. The number of hydrogen-bond acceptors (Lipinski definition) is 3. The highest BCUT2D eigenvalue weighted by Gasteiger charge is 2.12. The van der Waals surface area contributed by atoms with Crippen molar-refractivity contribution in [3.63, 3.8) is 0 Å². The van der Waals surface area contributed by atoms with Crippen molar-refractivity contribution in [3.05, 3.63) is 27.2 Å². The Morgan fingerprint density at radius 3 is 2.92 bits per heavy atom. The summed E-state index contributed by atoms with van der Waals surface area (Å²) >= 11 is 13.1. The third-order valence-corrected chi connectivity index (χ3v) is 3.09. The lowest BCUT2D eigenvalue weighted by atomic mass is 10.2. The normalized spacial score (nSPS) is 10.2. The Kier molecular flexibility index (Phi) is 2.12. The van der Waals surface area contributed by atoms with Crippen LogP contribution in [0.5, 0.6) is 0 Å². The molecule has 64 valence electrons. The zero-order chi connectivity index (χ0) is 9.42. The Hall–Kier alpha value is -0.820. The highest BCUT2D eigenvalue weighted by molar-refractivity contribution is 7.16. The Bertz CT molecular complexity index is 513. The fraction of sp³-hybridized carbons (Fsp3) is 0. The number of halogens is 2. The maximum atomic E-state index is 8.74. The summed E-state index contributed by atoms with van der Waals surface area (Å²) in [6.45, 7) is 0. The van der Waals surface area contributed by atoms with E-state index in [9.17, 15) is 0 Å². The molecule has 0 radical (unpaired) electrons. The summed E-state index contributed by atoms with van der Waals surface area (Å²) in [6.07, 6.45) is 0. The number of fused-ring (bicyclic) bond motifs is 1. The van der Waals surface area contributed by atoms with Crippen LogP contribution in [0.15, 0.2) is 11.4 Å². The summed E-state index contributed by atoms with van der Waals surface area (Å²) in [5, 5.41) is 11.9. The van der Waals surface area contributed by atoms with Gasteiger partial charge in [0.15, 0.2) is 0 Å². The van der Waals surface area contributed by atoms with Crippen molar-refractivity contribution in [1.29, 1.82) is 5.26 Å². The van der Waals surface area contributed by atoms with Crippen LogP contribution in [0.25, 0.3) is 10.2 Å². The first-order valence-corrected chi connectivity index (χ1v) is 5.00. The minimum Gasteiger partial charge on any atom is -0.224 e. The van der Waals surface area contributed by atoms with Gasteiger partial charge < -0.3 is 0 Å². The number of pyridine rings is 1. The van der Waals surface area contributed by atoms with E-state index in [1.165, 1.54) is 11.3 Å². The highest BCUT2D eigenvalue weighted by Crippen LogP contribution is 2.32. The average molecular weight is 229 g/mol. The molecule has 2 heterocycles. The van der Waals surface area contributed by atoms with Gasteiger partial charge in [-0.1, -0.05) is 23.2 Å². The summed E-state index contributed by atoms with van der Waals surface area (Å²) < 4.78 is 0. The van der Waals surface area contributed by atoms with Gasteiger partial charge in [-0.2, -0.15) is 5.26 Å². The zero-order valence-electron chi connectivity index (χ0n) is 6.21. The number of rotatable bonds is 0. The van der Waals surface area contributed by atoms with E-state index in [0.717, 1.165) is 10.2 Å². The van der Waals surface area contributed by atoms with Gasteiger partial charge in [-0.05, 0) is 11.4 Å². The van der Waals surface area contributed by atoms with E-state index in [1.807, 2.05) is 17.5 Å². The standard InChI is InChI=1S/C8H2Cl2N2S/c9-6-4-1-2-13-8(4)12-7(10)5(6)3-11/h1-2H. The average Bonchev–Trinajstić information content (AvgIpc) is 2.53. The van der Waals surface area contributed by atoms with E-state index in [2.05, 4.69) is 4.98 Å². The van der Waals surface area contributed by atoms with Gasteiger partial charge in [0, 0.05) is 5.39 Å². The van der Waals surface area contributed by atoms with Crippen molar-refractivity contribution in [1.82, 2.24) is 4.98 Å². The van der Waals surface area contributed by atoms with Crippen LogP contribution in [0, 0.1) is 11.3 Å². The van der Waals surface area contributed by atoms with Crippen LogP contribution >= 0.6 is 34.5 Å². The minimum atomic E-state index is 0.169. The molecule has 5 heteroatoms. The molecule has 0 aliphatic rings. The molecule has 0 unspecified atom stereocenters. The van der Waals surface area contributed by atoms with E-state index in [4.69, 9.17) is 28.5 Å². The molecule has 0 saturated carbocycles. The predicted molar refractivity (Wildman–Crippen MR) is 54.4 cm³/mol. The van der Waals surface area contributed by atoms with Crippen LogP contribution in [0.3, 0.4) is 0 Å². The quantitative estimate of drug-likeness (QED) is 0.648. The van der Waals surface area contributed by atoms with E-state index >= 15 is 0 Å². The molecular formula is C8H2Cl2N2S. The first-order chi connectivity index (χ1) is 6.24. The Labute approximate surface area is 88.3 Å². The maximum absolute atomic E-state index is 8.74. The second-order valence-corrected chi connectivity index (χ2v) is 3.97. The fourth-order valence-electron chi connectivity index (χ4n) is 1.02. The van der Waals surface area contributed by atoms with Crippen LogP contribution in [0.1, 0.15) is 5.56 Å². The number of aromatic nitrogens is 1. The van der Waals surface area contributed by atoms with Gasteiger partial charge in [-0.15, -0.1) is 11.3 Å². The van der Waals surface area contributed by atoms with E-state index in [0.29, 0.717) is 5.02 Å². The molecule has 0 amide bonds. The van der Waals surface area contributed by atoms with Crippen LogP contribution < -0.4 is 0 Å². The third-order valence-electron chi connectivity index (χ3n) is 1.62. The van der Waals surface area contributed by atoms with Gasteiger partial charge >= 0.3 is 0 Å². The van der Waals surface area contributed by atoms with Crippen molar-refractivity contribution >= 4 is 44.8 Å². The third kappa shape index (κ3) is 1.28. The molecule has 0 aliphatic carbocycles.